The largest absolute Gasteiger partial charge is 0.329 e. The Hall–Kier alpha value is -0.440. The molecule has 56 valence electrons. The number of nitrogens with one attached hydrogen (secondary N) is 1. The number of hydrogen-bond acceptors (Lipinski definition) is 2. The first kappa shape index (κ1) is 7.66. The zero-order chi connectivity index (χ0) is 7.56. The lowest BCUT2D eigenvalue weighted by atomic mass is 10.3. The summed E-state index contributed by atoms with van der Waals surface area (Å²) in [5, 5.41) is 4.91. The summed E-state index contributed by atoms with van der Waals surface area (Å²) >= 11 is 1.61. The average Bonchev–Trinajstić information content (AvgIpc) is 1.88. The number of carbonyl (C=O) groups excluding carboxylic acids is 1. The molecule has 0 aromatic rings. The van der Waals surface area contributed by atoms with Crippen LogP contribution in [0.15, 0.2) is 11.1 Å². The van der Waals surface area contributed by atoms with Crippen molar-refractivity contribution < 1.29 is 4.79 Å². The number of thioether (sulfide) groups is 1. The summed E-state index contributed by atoms with van der Waals surface area (Å²) in [6.07, 6.45) is 0.903. The van der Waals surface area contributed by atoms with Gasteiger partial charge in [0.15, 0.2) is 0 Å². The van der Waals surface area contributed by atoms with Crippen LogP contribution < -0.4 is 5.32 Å². The van der Waals surface area contributed by atoms with E-state index in [-0.39, 0.29) is 11.2 Å². The van der Waals surface area contributed by atoms with Gasteiger partial charge in [0.1, 0.15) is 0 Å². The first-order valence-corrected chi connectivity index (χ1v) is 4.31. The van der Waals surface area contributed by atoms with Crippen molar-refractivity contribution in [3.8, 4) is 0 Å². The Labute approximate surface area is 65.1 Å². The minimum absolute atomic E-state index is 0.128. The number of allylic oxidation sites excluding steroid dienone is 1. The molecule has 0 aliphatic carbocycles. The number of carbonyl (C=O) groups is 1. The lowest BCUT2D eigenvalue weighted by Crippen LogP contribution is -2.33. The lowest BCUT2D eigenvalue weighted by molar-refractivity contribution is -0.120. The van der Waals surface area contributed by atoms with E-state index in [1.165, 1.54) is 0 Å². The summed E-state index contributed by atoms with van der Waals surface area (Å²) < 4.78 is 0. The topological polar surface area (TPSA) is 29.1 Å². The number of hydrogen-bond donors (Lipinski definition) is 1. The molecule has 0 saturated carbocycles. The highest BCUT2D eigenvalue weighted by molar-refractivity contribution is 8.03. The second kappa shape index (κ2) is 3.10. The van der Waals surface area contributed by atoms with E-state index >= 15 is 0 Å². The Balaban J connectivity index is 2.61. The van der Waals surface area contributed by atoms with E-state index < -0.39 is 0 Å². The van der Waals surface area contributed by atoms with Crippen molar-refractivity contribution in [1.29, 1.82) is 0 Å². The van der Waals surface area contributed by atoms with Gasteiger partial charge >= 0.3 is 0 Å². The summed E-state index contributed by atoms with van der Waals surface area (Å²) in [5.74, 6) is 0.146. The maximum Gasteiger partial charge on any atom is 0.237 e. The van der Waals surface area contributed by atoms with Gasteiger partial charge in [-0.2, -0.15) is 0 Å². The molecule has 1 heterocycles. The second-order valence-electron chi connectivity index (χ2n) is 2.32. The maximum atomic E-state index is 11.1. The number of amides is 1. The van der Waals surface area contributed by atoms with E-state index in [2.05, 4.69) is 5.32 Å². The molecule has 0 aromatic carbocycles. The van der Waals surface area contributed by atoms with Crippen LogP contribution in [0, 0.1) is 0 Å². The van der Waals surface area contributed by atoms with Gasteiger partial charge < -0.3 is 5.32 Å². The summed E-state index contributed by atoms with van der Waals surface area (Å²) in [5.41, 5.74) is 0.958. The quantitative estimate of drug-likeness (QED) is 0.624. The molecule has 0 spiro atoms. The first-order chi connectivity index (χ1) is 4.74. The standard InChI is InChI=1S/C7H11NOS/c1-3-6-7(9)8-5(2)4-10-6/h4,6H,3H2,1-2H3,(H,8,9). The van der Waals surface area contributed by atoms with E-state index in [1.807, 2.05) is 19.3 Å². The predicted molar refractivity (Wildman–Crippen MR) is 43.6 cm³/mol. The van der Waals surface area contributed by atoms with Gasteiger partial charge in [-0.3, -0.25) is 4.79 Å². The highest BCUT2D eigenvalue weighted by Crippen LogP contribution is 2.21. The Morgan fingerprint density at radius 3 is 3.00 bits per heavy atom. The van der Waals surface area contributed by atoms with Crippen LogP contribution in [0.4, 0.5) is 0 Å². The van der Waals surface area contributed by atoms with Gasteiger partial charge in [0.05, 0.1) is 5.25 Å². The molecule has 1 aliphatic rings. The monoisotopic (exact) mass is 157 g/mol. The second-order valence-corrected chi connectivity index (χ2v) is 3.40. The third-order valence-electron chi connectivity index (χ3n) is 1.39. The summed E-state index contributed by atoms with van der Waals surface area (Å²) in [6, 6.07) is 0. The maximum absolute atomic E-state index is 11.1. The van der Waals surface area contributed by atoms with Crippen LogP contribution >= 0.6 is 11.8 Å². The molecule has 1 N–H and O–H groups in total. The Morgan fingerprint density at radius 2 is 2.50 bits per heavy atom. The molecule has 1 aliphatic heterocycles. The summed E-state index contributed by atoms with van der Waals surface area (Å²) in [7, 11) is 0. The highest BCUT2D eigenvalue weighted by Gasteiger charge is 2.19. The fraction of sp³-hybridized carbons (Fsp3) is 0.571. The molecule has 1 unspecified atom stereocenters. The Bertz CT molecular complexity index is 176. The van der Waals surface area contributed by atoms with Gasteiger partial charge in [-0.1, -0.05) is 6.92 Å². The zero-order valence-electron chi connectivity index (χ0n) is 6.18. The molecule has 1 atom stereocenters. The van der Waals surface area contributed by atoms with Crippen LogP contribution in [0.1, 0.15) is 20.3 Å². The van der Waals surface area contributed by atoms with Gasteiger partial charge in [0, 0.05) is 5.70 Å². The molecule has 0 radical (unpaired) electrons. The minimum Gasteiger partial charge on any atom is -0.329 e. The van der Waals surface area contributed by atoms with Gasteiger partial charge in [-0.15, -0.1) is 11.8 Å². The lowest BCUT2D eigenvalue weighted by Gasteiger charge is -2.17. The van der Waals surface area contributed by atoms with Gasteiger partial charge in [0.25, 0.3) is 0 Å². The molecular weight excluding hydrogens is 146 g/mol. The van der Waals surface area contributed by atoms with Crippen LogP contribution in [-0.2, 0) is 4.79 Å². The van der Waals surface area contributed by atoms with Crippen molar-refractivity contribution >= 4 is 17.7 Å². The molecule has 3 heteroatoms. The Morgan fingerprint density at radius 1 is 1.80 bits per heavy atom. The molecule has 10 heavy (non-hydrogen) atoms. The molecule has 1 rings (SSSR count). The summed E-state index contributed by atoms with van der Waals surface area (Å²) in [4.78, 5) is 11.1. The fourth-order valence-corrected chi connectivity index (χ4v) is 1.63. The number of rotatable bonds is 1. The summed E-state index contributed by atoms with van der Waals surface area (Å²) in [6.45, 7) is 3.92. The van der Waals surface area contributed by atoms with Crippen molar-refractivity contribution in [3.05, 3.63) is 11.1 Å². The minimum atomic E-state index is 0.128. The van der Waals surface area contributed by atoms with Crippen LogP contribution in [-0.4, -0.2) is 11.2 Å². The van der Waals surface area contributed by atoms with E-state index in [0.29, 0.717) is 0 Å². The van der Waals surface area contributed by atoms with Crippen molar-refractivity contribution in [1.82, 2.24) is 5.32 Å². The van der Waals surface area contributed by atoms with E-state index in [9.17, 15) is 4.79 Å². The smallest absolute Gasteiger partial charge is 0.237 e. The van der Waals surface area contributed by atoms with Crippen LogP contribution in [0.2, 0.25) is 0 Å². The molecule has 0 fully saturated rings. The molecular formula is C7H11NOS. The van der Waals surface area contributed by atoms with Crippen molar-refractivity contribution in [2.45, 2.75) is 25.5 Å². The van der Waals surface area contributed by atoms with Crippen molar-refractivity contribution in [3.63, 3.8) is 0 Å². The van der Waals surface area contributed by atoms with Crippen molar-refractivity contribution in [2.75, 3.05) is 0 Å². The molecule has 0 bridgehead atoms. The first-order valence-electron chi connectivity index (χ1n) is 3.37. The molecule has 0 aromatic heterocycles. The SMILES string of the molecule is CCC1SC=C(C)NC1=O. The van der Waals surface area contributed by atoms with Gasteiger partial charge in [-0.25, -0.2) is 0 Å². The van der Waals surface area contributed by atoms with E-state index in [0.717, 1.165) is 12.1 Å². The highest BCUT2D eigenvalue weighted by atomic mass is 32.2. The molecule has 0 saturated heterocycles. The Kier molecular flexibility index (Phi) is 2.38. The third-order valence-corrected chi connectivity index (χ3v) is 2.76. The third kappa shape index (κ3) is 1.53. The fourth-order valence-electron chi connectivity index (χ4n) is 0.832. The molecule has 2 nitrogen and oxygen atoms in total. The van der Waals surface area contributed by atoms with Crippen LogP contribution in [0.5, 0.6) is 0 Å². The average molecular weight is 157 g/mol. The van der Waals surface area contributed by atoms with Gasteiger partial charge in [-0.05, 0) is 18.8 Å². The molecule has 1 amide bonds. The normalized spacial score (nSPS) is 25.6. The van der Waals surface area contributed by atoms with Crippen molar-refractivity contribution in [2.24, 2.45) is 0 Å². The van der Waals surface area contributed by atoms with E-state index in [1.54, 1.807) is 11.8 Å². The predicted octanol–water partition coefficient (Wildman–Crippen LogP) is 1.49. The van der Waals surface area contributed by atoms with Crippen LogP contribution in [0.3, 0.4) is 0 Å². The van der Waals surface area contributed by atoms with Crippen LogP contribution in [0.25, 0.3) is 0 Å². The zero-order valence-corrected chi connectivity index (χ0v) is 6.99. The van der Waals surface area contributed by atoms with Gasteiger partial charge in [0.2, 0.25) is 5.91 Å². The van der Waals surface area contributed by atoms with E-state index in [4.69, 9.17) is 0 Å².